The van der Waals surface area contributed by atoms with Crippen LogP contribution in [0.15, 0.2) is 18.3 Å². The standard InChI is InChI=1S/C23H25FN8OS2/c1-4-32(12(2)13-6-5-7-28-18(13)26)21-17(24)20(29-22(30-21)33-3)31-10-23(11-31)16-14(8-25)19(27)35-15(16)9-34-23/h5-7,12H,4,9-11,27H2,1-3H3,(H2,26,28). The minimum absolute atomic E-state index is 0.0828. The topological polar surface area (TPSA) is 130 Å². The molecule has 9 nitrogen and oxygen atoms in total. The van der Waals surface area contributed by atoms with Crippen LogP contribution in [-0.4, -0.2) is 41.7 Å². The second-order valence-electron chi connectivity index (χ2n) is 8.50. The van der Waals surface area contributed by atoms with Gasteiger partial charge in [0.25, 0.3) is 0 Å². The first-order valence-electron chi connectivity index (χ1n) is 11.1. The average molecular weight is 513 g/mol. The number of ether oxygens (including phenoxy) is 1. The van der Waals surface area contributed by atoms with Crippen LogP contribution < -0.4 is 26.0 Å². The Morgan fingerprint density at radius 3 is 2.80 bits per heavy atom. The highest BCUT2D eigenvalue weighted by molar-refractivity contribution is 8.00. The van der Waals surface area contributed by atoms with Crippen molar-refractivity contribution in [3.63, 3.8) is 0 Å². The fourth-order valence-electron chi connectivity index (χ4n) is 4.89. The zero-order valence-corrected chi connectivity index (χ0v) is 21.2. The van der Waals surface area contributed by atoms with Crippen LogP contribution in [0.5, 0.6) is 6.01 Å². The molecule has 1 spiro atoms. The Hall–Kier alpha value is -3.30. The zero-order chi connectivity index (χ0) is 24.9. The summed E-state index contributed by atoms with van der Waals surface area (Å²) in [5.74, 6) is 0.989. The number of hydrogen-bond acceptors (Lipinski definition) is 11. The lowest BCUT2D eigenvalue weighted by Gasteiger charge is -2.48. The molecule has 12 heteroatoms. The molecule has 1 unspecified atom stereocenters. The molecule has 0 amide bonds. The van der Waals surface area contributed by atoms with Crippen LogP contribution in [0.2, 0.25) is 0 Å². The molecule has 1 atom stereocenters. The van der Waals surface area contributed by atoms with Gasteiger partial charge in [-0.25, -0.2) is 4.98 Å². The molecule has 0 aromatic carbocycles. The van der Waals surface area contributed by atoms with Gasteiger partial charge in [0.05, 0.1) is 23.5 Å². The third-order valence-electron chi connectivity index (χ3n) is 6.63. The number of nitrogens with two attached hydrogens (primary N) is 2. The number of aromatic nitrogens is 3. The molecule has 2 aliphatic rings. The lowest BCUT2D eigenvalue weighted by molar-refractivity contribution is 0.372. The summed E-state index contributed by atoms with van der Waals surface area (Å²) in [7, 11) is 1.46. The molecular formula is C23H25FN8OS2. The molecular weight excluding hydrogens is 487 g/mol. The molecule has 0 saturated carbocycles. The molecule has 2 aliphatic heterocycles. The lowest BCUT2D eigenvalue weighted by Crippen LogP contribution is -2.57. The SMILES string of the molecule is CCN(c1nc(OC)nc(N2CC3(C2)SCc2sc(N)c(C#N)c23)c1F)C(C)c1cccnc1N. The predicted molar refractivity (Wildman–Crippen MR) is 137 cm³/mol. The minimum Gasteiger partial charge on any atom is -0.467 e. The summed E-state index contributed by atoms with van der Waals surface area (Å²) in [4.78, 5) is 17.7. The summed E-state index contributed by atoms with van der Waals surface area (Å²) >= 11 is 3.24. The first-order valence-corrected chi connectivity index (χ1v) is 12.9. The number of rotatable bonds is 6. The highest BCUT2D eigenvalue weighted by Gasteiger charge is 2.53. The van der Waals surface area contributed by atoms with Gasteiger partial charge in [0, 0.05) is 47.6 Å². The number of anilines is 4. The molecule has 3 aromatic heterocycles. The smallest absolute Gasteiger partial charge is 0.320 e. The lowest BCUT2D eigenvalue weighted by atomic mass is 9.88. The minimum atomic E-state index is -0.523. The fourth-order valence-corrected chi connectivity index (χ4v) is 7.70. The summed E-state index contributed by atoms with van der Waals surface area (Å²) < 4.78 is 21.1. The normalized spacial score (nSPS) is 16.5. The summed E-state index contributed by atoms with van der Waals surface area (Å²) in [6.07, 6.45) is 1.62. The molecule has 182 valence electrons. The molecule has 0 aliphatic carbocycles. The van der Waals surface area contributed by atoms with Gasteiger partial charge in [0.15, 0.2) is 11.6 Å². The van der Waals surface area contributed by atoms with Crippen LogP contribution in [0.4, 0.5) is 26.8 Å². The van der Waals surface area contributed by atoms with E-state index in [1.165, 1.54) is 18.4 Å². The van der Waals surface area contributed by atoms with Gasteiger partial charge in [-0.2, -0.15) is 19.6 Å². The number of nitrogens with zero attached hydrogens (tertiary/aromatic N) is 6. The largest absolute Gasteiger partial charge is 0.467 e. The number of thiophene rings is 1. The van der Waals surface area contributed by atoms with Crippen LogP contribution in [0.3, 0.4) is 0 Å². The van der Waals surface area contributed by atoms with Crippen LogP contribution in [0, 0.1) is 17.1 Å². The monoisotopic (exact) mass is 512 g/mol. The molecule has 1 saturated heterocycles. The second kappa shape index (κ2) is 8.73. The van der Waals surface area contributed by atoms with Gasteiger partial charge in [-0.05, 0) is 19.9 Å². The number of halogens is 1. The van der Waals surface area contributed by atoms with E-state index in [9.17, 15) is 5.26 Å². The van der Waals surface area contributed by atoms with E-state index in [1.54, 1.807) is 24.0 Å². The van der Waals surface area contributed by atoms with E-state index in [1.807, 2.05) is 29.7 Å². The molecule has 0 radical (unpaired) electrons. The van der Waals surface area contributed by atoms with Gasteiger partial charge in [-0.3, -0.25) is 0 Å². The first kappa shape index (κ1) is 23.4. The number of nitrogen functional groups attached to an aromatic ring is 2. The molecule has 5 rings (SSSR count). The van der Waals surface area contributed by atoms with E-state index >= 15 is 4.39 Å². The fraction of sp³-hybridized carbons (Fsp3) is 0.391. The summed E-state index contributed by atoms with van der Waals surface area (Å²) in [6, 6.07) is 5.74. The Labute approximate surface area is 210 Å². The Morgan fingerprint density at radius 1 is 1.37 bits per heavy atom. The van der Waals surface area contributed by atoms with Crippen molar-refractivity contribution in [2.24, 2.45) is 0 Å². The van der Waals surface area contributed by atoms with E-state index in [2.05, 4.69) is 21.0 Å². The molecule has 1 fully saturated rings. The van der Waals surface area contributed by atoms with Gasteiger partial charge in [-0.15, -0.1) is 23.1 Å². The maximum absolute atomic E-state index is 16.0. The molecule has 35 heavy (non-hydrogen) atoms. The van der Waals surface area contributed by atoms with Gasteiger partial charge in [-0.1, -0.05) is 6.07 Å². The number of pyridine rings is 1. The molecule has 0 bridgehead atoms. The summed E-state index contributed by atoms with van der Waals surface area (Å²) in [6.45, 7) is 5.38. The first-order chi connectivity index (χ1) is 16.8. The number of methoxy groups -OCH3 is 1. The summed E-state index contributed by atoms with van der Waals surface area (Å²) in [5.41, 5.74) is 14.5. The molecule has 4 N–H and O–H groups in total. The van der Waals surface area contributed by atoms with Crippen molar-refractivity contribution in [2.75, 3.05) is 48.0 Å². The summed E-state index contributed by atoms with van der Waals surface area (Å²) in [5, 5.41) is 10.2. The van der Waals surface area contributed by atoms with Gasteiger partial charge >= 0.3 is 6.01 Å². The Kier molecular flexibility index (Phi) is 5.85. The Balaban J connectivity index is 1.49. The van der Waals surface area contributed by atoms with Gasteiger partial charge in [0.2, 0.25) is 5.82 Å². The van der Waals surface area contributed by atoms with Crippen molar-refractivity contribution in [3.8, 4) is 12.1 Å². The van der Waals surface area contributed by atoms with Crippen LogP contribution >= 0.6 is 23.1 Å². The third kappa shape index (κ3) is 3.61. The second-order valence-corrected chi connectivity index (χ2v) is 11.0. The highest BCUT2D eigenvalue weighted by atomic mass is 32.2. The third-order valence-corrected chi connectivity index (χ3v) is 9.28. The molecule has 5 heterocycles. The van der Waals surface area contributed by atoms with Crippen molar-refractivity contribution in [2.45, 2.75) is 30.4 Å². The Bertz CT molecular complexity index is 1330. The maximum atomic E-state index is 16.0. The van der Waals surface area contributed by atoms with Crippen molar-refractivity contribution in [1.29, 1.82) is 5.26 Å². The van der Waals surface area contributed by atoms with Crippen LogP contribution in [0.1, 0.15) is 41.5 Å². The van der Waals surface area contributed by atoms with Crippen molar-refractivity contribution < 1.29 is 9.13 Å². The van der Waals surface area contributed by atoms with Crippen LogP contribution in [0.25, 0.3) is 0 Å². The zero-order valence-electron chi connectivity index (χ0n) is 19.6. The maximum Gasteiger partial charge on any atom is 0.320 e. The van der Waals surface area contributed by atoms with Crippen LogP contribution in [-0.2, 0) is 10.5 Å². The number of hydrogen-bond donors (Lipinski definition) is 2. The van der Waals surface area contributed by atoms with E-state index < -0.39 is 5.82 Å². The Morgan fingerprint density at radius 2 is 2.14 bits per heavy atom. The molecule has 3 aromatic rings. The average Bonchev–Trinajstić information content (AvgIpc) is 3.35. The number of thioether (sulfide) groups is 1. The predicted octanol–water partition coefficient (Wildman–Crippen LogP) is 3.67. The number of fused-ring (bicyclic) bond motifs is 2. The van der Waals surface area contributed by atoms with Crippen molar-refractivity contribution in [3.05, 3.63) is 45.7 Å². The van der Waals surface area contributed by atoms with Crippen molar-refractivity contribution in [1.82, 2.24) is 15.0 Å². The van der Waals surface area contributed by atoms with Crippen molar-refractivity contribution >= 4 is 45.6 Å². The highest BCUT2D eigenvalue weighted by Crippen LogP contribution is 2.58. The quantitative estimate of drug-likeness (QED) is 0.504. The van der Waals surface area contributed by atoms with Gasteiger partial charge in [0.1, 0.15) is 16.9 Å². The van der Waals surface area contributed by atoms with E-state index in [4.69, 9.17) is 16.2 Å². The van der Waals surface area contributed by atoms with E-state index in [0.717, 1.165) is 21.8 Å². The number of nitriles is 1. The van der Waals surface area contributed by atoms with E-state index in [0.29, 0.717) is 36.0 Å². The van der Waals surface area contributed by atoms with Gasteiger partial charge < -0.3 is 26.0 Å². The van der Waals surface area contributed by atoms with E-state index in [-0.39, 0.29) is 28.4 Å².